The maximum Gasteiger partial charge on any atom is 0.139 e. The second-order valence-corrected chi connectivity index (χ2v) is 6.13. The number of alkyl halides is 1. The van der Waals surface area contributed by atoms with Crippen molar-refractivity contribution in [3.63, 3.8) is 0 Å². The van der Waals surface area contributed by atoms with Crippen molar-refractivity contribution in [2.75, 3.05) is 11.9 Å². The van der Waals surface area contributed by atoms with Crippen molar-refractivity contribution in [1.82, 2.24) is 0 Å². The lowest BCUT2D eigenvalue weighted by atomic mass is 10.1. The third kappa shape index (κ3) is 4.98. The Kier molecular flexibility index (Phi) is 7.24. The molecule has 0 amide bonds. The van der Waals surface area contributed by atoms with E-state index in [0.717, 1.165) is 22.6 Å². The lowest BCUT2D eigenvalue weighted by Gasteiger charge is -2.15. The monoisotopic (exact) mass is 402 g/mol. The highest BCUT2D eigenvalue weighted by molar-refractivity contribution is 9.10. The van der Waals surface area contributed by atoms with Crippen LogP contribution in [0.5, 0.6) is 5.75 Å². The Bertz CT molecular complexity index is 372. The third-order valence-corrected chi connectivity index (χ3v) is 4.77. The summed E-state index contributed by atoms with van der Waals surface area (Å²) in [6, 6.07) is 3.49. The molecule has 1 atom stereocenters. The third-order valence-electron chi connectivity index (χ3n) is 2.36. The first kappa shape index (κ1) is 15.6. The van der Waals surface area contributed by atoms with Crippen molar-refractivity contribution >= 4 is 55.1 Å². The van der Waals surface area contributed by atoms with E-state index in [1.54, 1.807) is 12.1 Å². The zero-order valence-corrected chi connectivity index (χ0v) is 14.2. The summed E-state index contributed by atoms with van der Waals surface area (Å²) < 4.78 is 6.49. The molecule has 0 aliphatic heterocycles. The molecule has 17 heavy (non-hydrogen) atoms. The normalized spacial score (nSPS) is 12.5. The van der Waals surface area contributed by atoms with E-state index in [2.05, 4.69) is 38.8 Å². The van der Waals surface area contributed by atoms with Gasteiger partial charge in [-0.3, -0.25) is 0 Å². The van der Waals surface area contributed by atoms with Crippen LogP contribution in [0, 0.1) is 5.92 Å². The maximum atomic E-state index is 6.08. The highest BCUT2D eigenvalue weighted by Gasteiger charge is 2.10. The van der Waals surface area contributed by atoms with Gasteiger partial charge in [0.15, 0.2) is 0 Å². The summed E-state index contributed by atoms with van der Waals surface area (Å²) in [6.07, 6.45) is 2.28. The van der Waals surface area contributed by atoms with Gasteiger partial charge >= 0.3 is 0 Å². The molecule has 1 nitrogen and oxygen atoms in total. The van der Waals surface area contributed by atoms with E-state index >= 15 is 0 Å². The van der Waals surface area contributed by atoms with Gasteiger partial charge in [-0.1, -0.05) is 52.5 Å². The van der Waals surface area contributed by atoms with Gasteiger partial charge in [-0.25, -0.2) is 0 Å². The molecule has 0 N–H and O–H groups in total. The molecule has 0 radical (unpaired) electrons. The fraction of sp³-hybridized carbons (Fsp3) is 0.500. The quantitative estimate of drug-likeness (QED) is 0.420. The van der Waals surface area contributed by atoms with Crippen LogP contribution < -0.4 is 4.74 Å². The van der Waals surface area contributed by atoms with Crippen LogP contribution in [0.4, 0.5) is 0 Å². The topological polar surface area (TPSA) is 9.23 Å². The molecule has 1 unspecified atom stereocenters. The van der Waals surface area contributed by atoms with Gasteiger partial charge in [-0.2, -0.15) is 0 Å². The van der Waals surface area contributed by atoms with Crippen LogP contribution in [0.1, 0.15) is 19.8 Å². The number of hydrogen-bond acceptors (Lipinski definition) is 1. The SMILES string of the molecule is CCCC(CBr)COc1cc(Cl)c(Br)cc1Cl. The summed E-state index contributed by atoms with van der Waals surface area (Å²) in [5.74, 6) is 1.14. The van der Waals surface area contributed by atoms with Gasteiger partial charge in [0.2, 0.25) is 0 Å². The summed E-state index contributed by atoms with van der Waals surface area (Å²) in [6.45, 7) is 2.82. The summed E-state index contributed by atoms with van der Waals surface area (Å²) in [5, 5.41) is 2.12. The van der Waals surface area contributed by atoms with E-state index in [0.29, 0.717) is 28.3 Å². The average Bonchev–Trinajstić information content (AvgIpc) is 2.30. The molecule has 1 aromatic rings. The van der Waals surface area contributed by atoms with Crippen molar-refractivity contribution in [2.24, 2.45) is 5.92 Å². The largest absolute Gasteiger partial charge is 0.492 e. The molecule has 1 rings (SSSR count). The van der Waals surface area contributed by atoms with Crippen LogP contribution in [-0.2, 0) is 0 Å². The summed E-state index contributed by atoms with van der Waals surface area (Å²) in [4.78, 5) is 0. The fourth-order valence-electron chi connectivity index (χ4n) is 1.44. The Morgan fingerprint density at radius 2 is 2.00 bits per heavy atom. The molecule has 0 heterocycles. The van der Waals surface area contributed by atoms with Crippen LogP contribution in [-0.4, -0.2) is 11.9 Å². The number of ether oxygens (including phenoxy) is 1. The number of halogens is 4. The molecule has 1 aromatic carbocycles. The van der Waals surface area contributed by atoms with Crippen LogP contribution in [0.3, 0.4) is 0 Å². The first-order valence-corrected chi connectivity index (χ1v) is 8.08. The molecular formula is C12H14Br2Cl2O. The Morgan fingerprint density at radius 3 is 2.59 bits per heavy atom. The van der Waals surface area contributed by atoms with E-state index in [1.165, 1.54) is 0 Å². The molecule has 0 saturated carbocycles. The zero-order chi connectivity index (χ0) is 12.8. The summed E-state index contributed by atoms with van der Waals surface area (Å²) in [7, 11) is 0. The van der Waals surface area contributed by atoms with Crippen molar-refractivity contribution in [2.45, 2.75) is 19.8 Å². The van der Waals surface area contributed by atoms with E-state index in [1.807, 2.05) is 0 Å². The second kappa shape index (κ2) is 7.88. The predicted octanol–water partition coefficient (Wildman–Crippen LogP) is 5.95. The van der Waals surface area contributed by atoms with Gasteiger partial charge in [0.25, 0.3) is 0 Å². The minimum absolute atomic E-state index is 0.499. The Balaban J connectivity index is 2.65. The van der Waals surface area contributed by atoms with Gasteiger partial charge in [0.1, 0.15) is 5.75 Å². The Morgan fingerprint density at radius 1 is 1.29 bits per heavy atom. The molecule has 0 aliphatic rings. The summed E-state index contributed by atoms with van der Waals surface area (Å²) in [5.41, 5.74) is 0. The lowest BCUT2D eigenvalue weighted by molar-refractivity contribution is 0.255. The van der Waals surface area contributed by atoms with E-state index in [4.69, 9.17) is 27.9 Å². The minimum Gasteiger partial charge on any atom is -0.492 e. The van der Waals surface area contributed by atoms with Crippen molar-refractivity contribution in [3.05, 3.63) is 26.7 Å². The van der Waals surface area contributed by atoms with Crippen LogP contribution >= 0.6 is 55.1 Å². The predicted molar refractivity (Wildman–Crippen MR) is 81.8 cm³/mol. The highest BCUT2D eigenvalue weighted by atomic mass is 79.9. The molecule has 96 valence electrons. The second-order valence-electron chi connectivity index (χ2n) is 3.82. The number of benzene rings is 1. The highest BCUT2D eigenvalue weighted by Crippen LogP contribution is 2.34. The van der Waals surface area contributed by atoms with Crippen LogP contribution in [0.2, 0.25) is 10.0 Å². The number of hydrogen-bond donors (Lipinski definition) is 0. The summed E-state index contributed by atoms with van der Waals surface area (Å²) >= 11 is 18.9. The van der Waals surface area contributed by atoms with Gasteiger partial charge in [0, 0.05) is 21.8 Å². The van der Waals surface area contributed by atoms with Gasteiger partial charge in [0.05, 0.1) is 16.7 Å². The lowest BCUT2D eigenvalue weighted by Crippen LogP contribution is -2.13. The van der Waals surface area contributed by atoms with Crippen LogP contribution in [0.25, 0.3) is 0 Å². The molecule has 5 heteroatoms. The van der Waals surface area contributed by atoms with Crippen molar-refractivity contribution in [3.8, 4) is 5.75 Å². The molecular weight excluding hydrogens is 391 g/mol. The molecule has 0 fully saturated rings. The van der Waals surface area contributed by atoms with Crippen molar-refractivity contribution < 1.29 is 4.74 Å². The molecule has 0 aromatic heterocycles. The molecule has 0 aliphatic carbocycles. The average molecular weight is 405 g/mol. The molecule has 0 saturated heterocycles. The van der Waals surface area contributed by atoms with E-state index in [9.17, 15) is 0 Å². The van der Waals surface area contributed by atoms with E-state index < -0.39 is 0 Å². The first-order valence-electron chi connectivity index (χ1n) is 5.41. The smallest absolute Gasteiger partial charge is 0.139 e. The fourth-order valence-corrected chi connectivity index (χ4v) is 2.79. The first-order chi connectivity index (χ1) is 8.08. The maximum absolute atomic E-state index is 6.08. The van der Waals surface area contributed by atoms with E-state index in [-0.39, 0.29) is 0 Å². The minimum atomic E-state index is 0.499. The van der Waals surface area contributed by atoms with Gasteiger partial charge in [-0.15, -0.1) is 0 Å². The molecule has 0 spiro atoms. The van der Waals surface area contributed by atoms with Gasteiger partial charge < -0.3 is 4.74 Å². The van der Waals surface area contributed by atoms with Crippen LogP contribution in [0.15, 0.2) is 16.6 Å². The zero-order valence-electron chi connectivity index (χ0n) is 9.48. The van der Waals surface area contributed by atoms with Gasteiger partial charge in [-0.05, 0) is 28.4 Å². The molecule has 0 bridgehead atoms. The Labute approximate surface area is 129 Å². The standard InChI is InChI=1S/C12H14Br2Cl2O/c1-2-3-8(6-13)7-17-12-5-10(15)9(14)4-11(12)16/h4-5,8H,2-3,6-7H2,1H3. The number of rotatable bonds is 6. The van der Waals surface area contributed by atoms with Crippen molar-refractivity contribution in [1.29, 1.82) is 0 Å². The Hall–Kier alpha value is 0.560.